The van der Waals surface area contributed by atoms with Gasteiger partial charge in [0.05, 0.1) is 5.41 Å². The molecule has 0 aromatic heterocycles. The molecule has 1 unspecified atom stereocenters. The fourth-order valence-electron chi connectivity index (χ4n) is 2.64. The first-order chi connectivity index (χ1) is 10.0. The molecule has 2 aromatic carbocycles. The summed E-state index contributed by atoms with van der Waals surface area (Å²) >= 11 is 0. The predicted octanol–water partition coefficient (Wildman–Crippen LogP) is 3.58. The van der Waals surface area contributed by atoms with Crippen molar-refractivity contribution in [1.82, 2.24) is 4.90 Å². The summed E-state index contributed by atoms with van der Waals surface area (Å²) in [4.78, 5) is 13.8. The molecule has 2 aromatic rings. The molecule has 0 bridgehead atoms. The first-order valence-electron chi connectivity index (χ1n) is 7.29. The van der Waals surface area contributed by atoms with Crippen molar-refractivity contribution in [2.45, 2.75) is 25.8 Å². The number of carbonyl (C=O) groups is 1. The van der Waals surface area contributed by atoms with Gasteiger partial charge in [-0.3, -0.25) is 0 Å². The van der Waals surface area contributed by atoms with Gasteiger partial charge in [0.25, 0.3) is 0 Å². The van der Waals surface area contributed by atoms with Gasteiger partial charge in [-0.05, 0) is 32.0 Å². The number of rotatable bonds is 6. The van der Waals surface area contributed by atoms with E-state index in [0.717, 1.165) is 18.4 Å². The van der Waals surface area contributed by atoms with Gasteiger partial charge in [-0.25, -0.2) is 0 Å². The number of benzene rings is 2. The average Bonchev–Trinajstić information content (AvgIpc) is 2.50. The molecule has 1 atom stereocenters. The second-order valence-electron chi connectivity index (χ2n) is 6.06. The van der Waals surface area contributed by atoms with E-state index < -0.39 is 5.41 Å². The molecular formula is C19H23NO. The summed E-state index contributed by atoms with van der Waals surface area (Å²) in [5.41, 5.74) is 3.13. The Kier molecular flexibility index (Phi) is 4.92. The highest BCUT2D eigenvalue weighted by molar-refractivity contribution is 5.68. The molecule has 2 rings (SSSR count). The van der Waals surface area contributed by atoms with Gasteiger partial charge in [-0.15, -0.1) is 0 Å². The van der Waals surface area contributed by atoms with Gasteiger partial charge in [0.1, 0.15) is 6.29 Å². The number of hydrogen-bond donors (Lipinski definition) is 0. The van der Waals surface area contributed by atoms with Crippen LogP contribution < -0.4 is 0 Å². The largest absolute Gasteiger partial charge is 0.302 e. The SMILES string of the molecule is Cc1ccc(CN(C)CC(C)(C=O)c2ccccc2)cc1. The van der Waals surface area contributed by atoms with Crippen LogP contribution in [0.25, 0.3) is 0 Å². The molecule has 110 valence electrons. The fourth-order valence-corrected chi connectivity index (χ4v) is 2.64. The smallest absolute Gasteiger partial charge is 0.131 e. The molecule has 0 aliphatic carbocycles. The van der Waals surface area contributed by atoms with E-state index in [9.17, 15) is 4.79 Å². The number of likely N-dealkylation sites (N-methyl/N-ethyl adjacent to an activating group) is 1. The highest BCUT2D eigenvalue weighted by Crippen LogP contribution is 2.23. The molecule has 0 amide bonds. The summed E-state index contributed by atoms with van der Waals surface area (Å²) in [6.07, 6.45) is 1.06. The van der Waals surface area contributed by atoms with Gasteiger partial charge in [-0.2, -0.15) is 0 Å². The van der Waals surface area contributed by atoms with Crippen LogP contribution in [0.4, 0.5) is 0 Å². The number of nitrogens with zero attached hydrogens (tertiary/aromatic N) is 1. The molecule has 0 radical (unpaired) electrons. The van der Waals surface area contributed by atoms with Crippen molar-refractivity contribution in [2.75, 3.05) is 13.6 Å². The molecule has 2 nitrogen and oxygen atoms in total. The quantitative estimate of drug-likeness (QED) is 0.754. The topological polar surface area (TPSA) is 20.3 Å². The lowest BCUT2D eigenvalue weighted by Gasteiger charge is -2.29. The Morgan fingerprint density at radius 3 is 2.24 bits per heavy atom. The molecule has 0 saturated carbocycles. The highest BCUT2D eigenvalue weighted by Gasteiger charge is 2.27. The Morgan fingerprint density at radius 2 is 1.67 bits per heavy atom. The summed E-state index contributed by atoms with van der Waals surface area (Å²) in [6.45, 7) is 5.64. The standard InChI is InChI=1S/C19H23NO/c1-16-9-11-17(12-10-16)13-20(3)14-19(2,15-21)18-7-5-4-6-8-18/h4-12,15H,13-14H2,1-3H3. The van der Waals surface area contributed by atoms with Crippen LogP contribution in [0.5, 0.6) is 0 Å². The first kappa shape index (κ1) is 15.5. The third-order valence-electron chi connectivity index (χ3n) is 3.86. The maximum atomic E-state index is 11.6. The summed E-state index contributed by atoms with van der Waals surface area (Å²) < 4.78 is 0. The summed E-state index contributed by atoms with van der Waals surface area (Å²) in [5.74, 6) is 0. The van der Waals surface area contributed by atoms with E-state index >= 15 is 0 Å². The van der Waals surface area contributed by atoms with Crippen LogP contribution >= 0.6 is 0 Å². The van der Waals surface area contributed by atoms with Crippen LogP contribution in [0, 0.1) is 6.92 Å². The molecule has 0 heterocycles. The predicted molar refractivity (Wildman–Crippen MR) is 87.4 cm³/mol. The summed E-state index contributed by atoms with van der Waals surface area (Å²) in [5, 5.41) is 0. The molecular weight excluding hydrogens is 258 g/mol. The van der Waals surface area contributed by atoms with Gasteiger partial charge in [0, 0.05) is 13.1 Å². The lowest BCUT2D eigenvalue weighted by molar-refractivity contribution is -0.112. The van der Waals surface area contributed by atoms with E-state index in [1.165, 1.54) is 11.1 Å². The normalized spacial score (nSPS) is 13.9. The zero-order valence-electron chi connectivity index (χ0n) is 13.0. The van der Waals surface area contributed by atoms with Crippen LogP contribution in [0.2, 0.25) is 0 Å². The molecule has 0 spiro atoms. The fraction of sp³-hybridized carbons (Fsp3) is 0.316. The van der Waals surface area contributed by atoms with Crippen LogP contribution in [-0.4, -0.2) is 24.8 Å². The first-order valence-corrected chi connectivity index (χ1v) is 7.29. The zero-order chi connectivity index (χ0) is 15.3. The van der Waals surface area contributed by atoms with Crippen LogP contribution in [0.15, 0.2) is 54.6 Å². The molecule has 0 saturated heterocycles. The van der Waals surface area contributed by atoms with Crippen molar-refractivity contribution in [3.63, 3.8) is 0 Å². The maximum Gasteiger partial charge on any atom is 0.131 e. The van der Waals surface area contributed by atoms with Crippen molar-refractivity contribution < 1.29 is 4.79 Å². The van der Waals surface area contributed by atoms with E-state index in [0.29, 0.717) is 6.54 Å². The minimum Gasteiger partial charge on any atom is -0.302 e. The van der Waals surface area contributed by atoms with Gasteiger partial charge >= 0.3 is 0 Å². The Balaban J connectivity index is 2.07. The van der Waals surface area contributed by atoms with E-state index in [1.807, 2.05) is 37.3 Å². The molecule has 0 N–H and O–H groups in total. The van der Waals surface area contributed by atoms with Gasteiger partial charge < -0.3 is 9.69 Å². The lowest BCUT2D eigenvalue weighted by atomic mass is 9.83. The Bertz CT molecular complexity index is 576. The lowest BCUT2D eigenvalue weighted by Crippen LogP contribution is -2.37. The Morgan fingerprint density at radius 1 is 1.05 bits per heavy atom. The van der Waals surface area contributed by atoms with Crippen molar-refractivity contribution in [3.05, 3.63) is 71.3 Å². The number of aldehydes is 1. The van der Waals surface area contributed by atoms with Crippen molar-refractivity contribution in [3.8, 4) is 0 Å². The number of hydrogen-bond acceptors (Lipinski definition) is 2. The molecule has 0 aliphatic rings. The third kappa shape index (κ3) is 4.02. The maximum absolute atomic E-state index is 11.6. The van der Waals surface area contributed by atoms with E-state index in [2.05, 4.69) is 43.1 Å². The summed E-state index contributed by atoms with van der Waals surface area (Å²) in [7, 11) is 2.06. The zero-order valence-corrected chi connectivity index (χ0v) is 13.0. The van der Waals surface area contributed by atoms with Crippen LogP contribution in [0.1, 0.15) is 23.6 Å². The van der Waals surface area contributed by atoms with Crippen LogP contribution in [-0.2, 0) is 16.8 Å². The minimum atomic E-state index is -0.472. The van der Waals surface area contributed by atoms with E-state index in [-0.39, 0.29) is 0 Å². The second kappa shape index (κ2) is 6.68. The molecule has 2 heteroatoms. The van der Waals surface area contributed by atoms with Crippen LogP contribution in [0.3, 0.4) is 0 Å². The van der Waals surface area contributed by atoms with E-state index in [1.54, 1.807) is 0 Å². The van der Waals surface area contributed by atoms with Crippen molar-refractivity contribution >= 4 is 6.29 Å². The minimum absolute atomic E-state index is 0.472. The van der Waals surface area contributed by atoms with Gasteiger partial charge in [0.2, 0.25) is 0 Å². The number of carbonyl (C=O) groups excluding carboxylic acids is 1. The van der Waals surface area contributed by atoms with Crippen molar-refractivity contribution in [2.24, 2.45) is 0 Å². The average molecular weight is 281 g/mol. The van der Waals surface area contributed by atoms with Gasteiger partial charge in [0.15, 0.2) is 0 Å². The Labute approximate surface area is 127 Å². The summed E-state index contributed by atoms with van der Waals surface area (Å²) in [6, 6.07) is 18.5. The second-order valence-corrected chi connectivity index (χ2v) is 6.06. The van der Waals surface area contributed by atoms with E-state index in [4.69, 9.17) is 0 Å². The third-order valence-corrected chi connectivity index (χ3v) is 3.86. The number of aryl methyl sites for hydroxylation is 1. The Hall–Kier alpha value is -1.93. The van der Waals surface area contributed by atoms with Gasteiger partial charge in [-0.1, -0.05) is 60.2 Å². The molecule has 0 fully saturated rings. The van der Waals surface area contributed by atoms with Crippen molar-refractivity contribution in [1.29, 1.82) is 0 Å². The highest BCUT2D eigenvalue weighted by atomic mass is 16.1. The molecule has 0 aliphatic heterocycles. The monoisotopic (exact) mass is 281 g/mol. The molecule has 21 heavy (non-hydrogen) atoms.